The Hall–Kier alpha value is -1.71. The molecule has 1 saturated heterocycles. The molecular formula is C9H10N4O2. The van der Waals surface area contributed by atoms with Gasteiger partial charge in [0.25, 0.3) is 0 Å². The number of ether oxygens (including phenoxy) is 2. The van der Waals surface area contributed by atoms with Crippen molar-refractivity contribution >= 4 is 5.82 Å². The normalized spacial score (nSPS) is 20.9. The molecule has 1 aromatic rings. The molecule has 0 aromatic carbocycles. The van der Waals surface area contributed by atoms with E-state index in [9.17, 15) is 0 Å². The molecule has 1 aromatic heterocycles. The third-order valence-electron chi connectivity index (χ3n) is 2.06. The lowest BCUT2D eigenvalue weighted by molar-refractivity contribution is -0.0934. The summed E-state index contributed by atoms with van der Waals surface area (Å²) in [6.45, 7) is 1.53. The lowest BCUT2D eigenvalue weighted by Gasteiger charge is -2.21. The number of hydrogen-bond acceptors (Lipinski definition) is 6. The van der Waals surface area contributed by atoms with Gasteiger partial charge < -0.3 is 15.2 Å². The maximum absolute atomic E-state index is 8.65. The fourth-order valence-electron chi connectivity index (χ4n) is 1.29. The monoisotopic (exact) mass is 206 g/mol. The maximum Gasteiger partial charge on any atom is 0.161 e. The molecule has 0 aliphatic carbocycles. The molecule has 0 bridgehead atoms. The molecule has 2 heterocycles. The molecule has 6 nitrogen and oxygen atoms in total. The van der Waals surface area contributed by atoms with Crippen LogP contribution in [0.3, 0.4) is 0 Å². The third kappa shape index (κ3) is 2.03. The van der Waals surface area contributed by atoms with Crippen LogP contribution in [0.5, 0.6) is 0 Å². The van der Waals surface area contributed by atoms with Crippen LogP contribution in [-0.4, -0.2) is 29.8 Å². The molecule has 0 saturated carbocycles. The van der Waals surface area contributed by atoms with Crippen molar-refractivity contribution in [1.29, 1.82) is 5.26 Å². The number of hydrogen-bond donors (Lipinski definition) is 1. The summed E-state index contributed by atoms with van der Waals surface area (Å²) in [5.74, 6) is 0.642. The van der Waals surface area contributed by atoms with E-state index in [1.807, 2.05) is 6.07 Å². The van der Waals surface area contributed by atoms with Crippen LogP contribution in [0.15, 0.2) is 6.20 Å². The van der Waals surface area contributed by atoms with E-state index in [0.29, 0.717) is 25.6 Å². The van der Waals surface area contributed by atoms with Crippen LogP contribution in [0.4, 0.5) is 5.82 Å². The van der Waals surface area contributed by atoms with Crippen LogP contribution in [-0.2, 0) is 9.47 Å². The SMILES string of the molecule is N#Cc1cnc(C2COCCO2)nc1N. The number of rotatable bonds is 1. The Labute approximate surface area is 86.6 Å². The molecule has 1 fully saturated rings. The summed E-state index contributed by atoms with van der Waals surface area (Å²) >= 11 is 0. The number of nitrogens with zero attached hydrogens (tertiary/aromatic N) is 3. The largest absolute Gasteiger partial charge is 0.382 e. The molecule has 1 aliphatic heterocycles. The first-order chi connectivity index (χ1) is 7.31. The van der Waals surface area contributed by atoms with Gasteiger partial charge in [-0.15, -0.1) is 0 Å². The summed E-state index contributed by atoms with van der Waals surface area (Å²) in [7, 11) is 0. The van der Waals surface area contributed by atoms with Gasteiger partial charge in [0.05, 0.1) is 26.0 Å². The van der Waals surface area contributed by atoms with Gasteiger partial charge in [-0.05, 0) is 0 Å². The van der Waals surface area contributed by atoms with Gasteiger partial charge in [-0.1, -0.05) is 0 Å². The minimum absolute atomic E-state index is 0.177. The zero-order chi connectivity index (χ0) is 10.7. The molecule has 1 atom stereocenters. The second-order valence-corrected chi connectivity index (χ2v) is 3.07. The van der Waals surface area contributed by atoms with Crippen molar-refractivity contribution in [2.24, 2.45) is 0 Å². The van der Waals surface area contributed by atoms with Crippen molar-refractivity contribution in [2.45, 2.75) is 6.10 Å². The third-order valence-corrected chi connectivity index (χ3v) is 2.06. The fraction of sp³-hybridized carbons (Fsp3) is 0.444. The van der Waals surface area contributed by atoms with Gasteiger partial charge >= 0.3 is 0 Å². The highest BCUT2D eigenvalue weighted by Gasteiger charge is 2.20. The number of aromatic nitrogens is 2. The Kier molecular flexibility index (Phi) is 2.76. The van der Waals surface area contributed by atoms with E-state index in [4.69, 9.17) is 20.5 Å². The van der Waals surface area contributed by atoms with Gasteiger partial charge in [-0.25, -0.2) is 9.97 Å². The van der Waals surface area contributed by atoms with Gasteiger partial charge in [0, 0.05) is 0 Å². The lowest BCUT2D eigenvalue weighted by Crippen LogP contribution is -2.24. The Balaban J connectivity index is 2.22. The number of nitrogen functional groups attached to an aromatic ring is 1. The van der Waals surface area contributed by atoms with Crippen molar-refractivity contribution in [3.8, 4) is 6.07 Å². The zero-order valence-corrected chi connectivity index (χ0v) is 8.01. The fourth-order valence-corrected chi connectivity index (χ4v) is 1.29. The minimum atomic E-state index is -0.284. The standard InChI is InChI=1S/C9H10N4O2/c10-3-6-4-12-9(13-8(6)11)7-5-14-1-2-15-7/h4,7H,1-2,5H2,(H2,11,12,13). The van der Waals surface area contributed by atoms with E-state index >= 15 is 0 Å². The van der Waals surface area contributed by atoms with Crippen molar-refractivity contribution in [3.63, 3.8) is 0 Å². The van der Waals surface area contributed by atoms with Gasteiger partial charge in [0.15, 0.2) is 5.82 Å². The molecule has 78 valence electrons. The molecule has 2 rings (SSSR count). The summed E-state index contributed by atoms with van der Waals surface area (Å²) in [6, 6.07) is 1.90. The average molecular weight is 206 g/mol. The van der Waals surface area contributed by atoms with Crippen LogP contribution in [0.2, 0.25) is 0 Å². The Bertz CT molecular complexity index is 396. The first kappa shape index (κ1) is 9.83. The molecular weight excluding hydrogens is 196 g/mol. The van der Waals surface area contributed by atoms with Crippen LogP contribution in [0, 0.1) is 11.3 Å². The second-order valence-electron chi connectivity index (χ2n) is 3.07. The Morgan fingerprint density at radius 3 is 3.00 bits per heavy atom. The van der Waals surface area contributed by atoms with Crippen LogP contribution >= 0.6 is 0 Å². The van der Waals surface area contributed by atoms with Crippen molar-refractivity contribution in [1.82, 2.24) is 9.97 Å². The van der Waals surface area contributed by atoms with Gasteiger partial charge in [0.1, 0.15) is 23.6 Å². The van der Waals surface area contributed by atoms with Gasteiger partial charge in [0.2, 0.25) is 0 Å². The average Bonchev–Trinajstić information content (AvgIpc) is 2.30. The number of nitriles is 1. The van der Waals surface area contributed by atoms with E-state index < -0.39 is 0 Å². The van der Waals surface area contributed by atoms with Crippen LogP contribution < -0.4 is 5.73 Å². The highest BCUT2D eigenvalue weighted by Crippen LogP contribution is 2.18. The van der Waals surface area contributed by atoms with E-state index in [2.05, 4.69) is 9.97 Å². The van der Waals surface area contributed by atoms with E-state index in [-0.39, 0.29) is 17.5 Å². The molecule has 6 heteroatoms. The maximum atomic E-state index is 8.65. The van der Waals surface area contributed by atoms with Crippen LogP contribution in [0.25, 0.3) is 0 Å². The van der Waals surface area contributed by atoms with E-state index in [1.165, 1.54) is 6.20 Å². The summed E-state index contributed by atoms with van der Waals surface area (Å²) in [4.78, 5) is 8.02. The smallest absolute Gasteiger partial charge is 0.161 e. The summed E-state index contributed by atoms with van der Waals surface area (Å²) in [6.07, 6.45) is 1.11. The quantitative estimate of drug-likeness (QED) is 0.696. The first-order valence-electron chi connectivity index (χ1n) is 4.53. The molecule has 0 amide bonds. The van der Waals surface area contributed by atoms with E-state index in [0.717, 1.165) is 0 Å². The van der Waals surface area contributed by atoms with Crippen molar-refractivity contribution in [2.75, 3.05) is 25.6 Å². The van der Waals surface area contributed by atoms with Gasteiger partial charge in [-0.2, -0.15) is 5.26 Å². The van der Waals surface area contributed by atoms with Gasteiger partial charge in [-0.3, -0.25) is 0 Å². The highest BCUT2D eigenvalue weighted by atomic mass is 16.6. The minimum Gasteiger partial charge on any atom is -0.382 e. The first-order valence-corrected chi connectivity index (χ1v) is 4.53. The Morgan fingerprint density at radius 1 is 1.53 bits per heavy atom. The van der Waals surface area contributed by atoms with Crippen molar-refractivity contribution in [3.05, 3.63) is 17.6 Å². The lowest BCUT2D eigenvalue weighted by atomic mass is 10.3. The topological polar surface area (TPSA) is 94.0 Å². The summed E-state index contributed by atoms with van der Waals surface area (Å²) in [5.41, 5.74) is 5.84. The molecule has 0 radical (unpaired) electrons. The molecule has 1 aliphatic rings. The van der Waals surface area contributed by atoms with Crippen molar-refractivity contribution < 1.29 is 9.47 Å². The molecule has 15 heavy (non-hydrogen) atoms. The Morgan fingerprint density at radius 2 is 2.40 bits per heavy atom. The summed E-state index contributed by atoms with van der Waals surface area (Å²) in [5, 5.41) is 8.65. The second kappa shape index (κ2) is 4.21. The van der Waals surface area contributed by atoms with Crippen LogP contribution in [0.1, 0.15) is 17.5 Å². The summed E-state index contributed by atoms with van der Waals surface area (Å²) < 4.78 is 10.6. The molecule has 0 spiro atoms. The zero-order valence-electron chi connectivity index (χ0n) is 8.01. The highest BCUT2D eigenvalue weighted by molar-refractivity contribution is 5.46. The number of nitrogens with two attached hydrogens (primary N) is 1. The molecule has 2 N–H and O–H groups in total. The number of anilines is 1. The van der Waals surface area contributed by atoms with E-state index in [1.54, 1.807) is 0 Å². The molecule has 1 unspecified atom stereocenters. The predicted octanol–water partition coefficient (Wildman–Crippen LogP) is 0.0184. The predicted molar refractivity (Wildman–Crippen MR) is 50.7 cm³/mol.